The van der Waals surface area contributed by atoms with Crippen molar-refractivity contribution >= 4 is 27.7 Å². The Morgan fingerprint density at radius 3 is 2.52 bits per heavy atom. The van der Waals surface area contributed by atoms with Gasteiger partial charge in [-0.3, -0.25) is 0 Å². The van der Waals surface area contributed by atoms with Crippen molar-refractivity contribution in [2.45, 2.75) is 6.92 Å². The molecule has 0 saturated heterocycles. The van der Waals surface area contributed by atoms with Gasteiger partial charge in [0.15, 0.2) is 6.61 Å². The van der Waals surface area contributed by atoms with Crippen LogP contribution in [0.2, 0.25) is 0 Å². The molecular weight excluding hydrogens is 344 g/mol. The van der Waals surface area contributed by atoms with Crippen molar-refractivity contribution in [3.05, 3.63) is 82.7 Å². The Bertz CT molecular complexity index is 1210. The van der Waals surface area contributed by atoms with Gasteiger partial charge in [0, 0.05) is 11.5 Å². The minimum Gasteiger partial charge on any atom is -0.482 e. The molecule has 0 amide bonds. The first-order chi connectivity index (χ1) is 13.1. The molecule has 0 spiro atoms. The van der Waals surface area contributed by atoms with E-state index >= 15 is 0 Å². The van der Waals surface area contributed by atoms with Gasteiger partial charge in [0.1, 0.15) is 17.1 Å². The average Bonchev–Trinajstić information content (AvgIpc) is 2.67. The van der Waals surface area contributed by atoms with Crippen molar-refractivity contribution in [2.24, 2.45) is 0 Å². The lowest BCUT2D eigenvalue weighted by molar-refractivity contribution is -0.136. The minimum atomic E-state index is -0.543. The van der Waals surface area contributed by atoms with E-state index in [1.54, 1.807) is 30.3 Å². The molecule has 5 heteroatoms. The Morgan fingerprint density at radius 2 is 1.70 bits per heavy atom. The van der Waals surface area contributed by atoms with Crippen LogP contribution in [0.25, 0.3) is 21.7 Å². The summed E-state index contributed by atoms with van der Waals surface area (Å²) < 4.78 is 16.1. The fraction of sp³-hybridized carbons (Fsp3) is 0.0909. The number of aryl methyl sites for hydroxylation is 1. The maximum Gasteiger partial charge on any atom is 0.349 e. The molecule has 3 aromatic carbocycles. The van der Waals surface area contributed by atoms with Crippen molar-refractivity contribution in [2.75, 3.05) is 6.61 Å². The summed E-state index contributed by atoms with van der Waals surface area (Å²) in [5, 5.41) is 2.09. The van der Waals surface area contributed by atoms with Crippen molar-refractivity contribution in [3.63, 3.8) is 0 Å². The zero-order valence-electron chi connectivity index (χ0n) is 14.6. The van der Waals surface area contributed by atoms with E-state index in [9.17, 15) is 9.59 Å². The summed E-state index contributed by atoms with van der Waals surface area (Å²) in [7, 11) is 0. The molecule has 4 aromatic rings. The molecule has 0 aliphatic carbocycles. The fourth-order valence-corrected chi connectivity index (χ4v) is 2.93. The van der Waals surface area contributed by atoms with E-state index in [1.165, 1.54) is 6.07 Å². The van der Waals surface area contributed by atoms with Gasteiger partial charge < -0.3 is 13.9 Å². The number of esters is 1. The van der Waals surface area contributed by atoms with Crippen LogP contribution in [-0.2, 0) is 4.79 Å². The van der Waals surface area contributed by atoms with Crippen LogP contribution in [0.4, 0.5) is 0 Å². The largest absolute Gasteiger partial charge is 0.482 e. The summed E-state index contributed by atoms with van der Waals surface area (Å²) in [6, 6.07) is 19.6. The molecular formula is C22H16O5. The molecule has 0 N–H and O–H groups in total. The molecule has 4 rings (SSSR count). The summed E-state index contributed by atoms with van der Waals surface area (Å²) in [5.74, 6) is 0.348. The maximum absolute atomic E-state index is 12.1. The number of hydrogen-bond donors (Lipinski definition) is 0. The first-order valence-corrected chi connectivity index (χ1v) is 8.46. The predicted molar refractivity (Wildman–Crippen MR) is 102 cm³/mol. The molecule has 0 fully saturated rings. The van der Waals surface area contributed by atoms with Gasteiger partial charge >= 0.3 is 11.6 Å². The van der Waals surface area contributed by atoms with Crippen LogP contribution in [0.3, 0.4) is 0 Å². The van der Waals surface area contributed by atoms with Crippen molar-refractivity contribution < 1.29 is 18.7 Å². The molecule has 1 aromatic heterocycles. The number of ether oxygens (including phenoxy) is 2. The van der Waals surface area contributed by atoms with Crippen LogP contribution in [0.5, 0.6) is 11.5 Å². The monoisotopic (exact) mass is 360 g/mol. The molecule has 0 aliphatic rings. The lowest BCUT2D eigenvalue weighted by Crippen LogP contribution is -2.17. The molecule has 5 nitrogen and oxygen atoms in total. The zero-order chi connectivity index (χ0) is 18.8. The van der Waals surface area contributed by atoms with E-state index in [4.69, 9.17) is 13.9 Å². The fourth-order valence-electron chi connectivity index (χ4n) is 2.93. The Labute approximate surface area is 154 Å². The third-order valence-electron chi connectivity index (χ3n) is 4.17. The van der Waals surface area contributed by atoms with Gasteiger partial charge in [-0.15, -0.1) is 0 Å². The topological polar surface area (TPSA) is 65.7 Å². The van der Waals surface area contributed by atoms with Crippen LogP contribution < -0.4 is 15.1 Å². The van der Waals surface area contributed by atoms with Crippen LogP contribution in [-0.4, -0.2) is 12.6 Å². The molecule has 0 saturated carbocycles. The first-order valence-electron chi connectivity index (χ1n) is 8.46. The predicted octanol–water partition coefficient (Wildman–Crippen LogP) is 4.24. The first kappa shape index (κ1) is 16.8. The van der Waals surface area contributed by atoms with Crippen molar-refractivity contribution in [3.8, 4) is 11.5 Å². The smallest absolute Gasteiger partial charge is 0.349 e. The summed E-state index contributed by atoms with van der Waals surface area (Å²) >= 11 is 0. The number of benzene rings is 3. The van der Waals surface area contributed by atoms with Crippen LogP contribution in [0.15, 0.2) is 75.9 Å². The van der Waals surface area contributed by atoms with Gasteiger partial charge in [-0.2, -0.15) is 0 Å². The molecule has 0 aliphatic heterocycles. The van der Waals surface area contributed by atoms with Gasteiger partial charge in [-0.05, 0) is 48.2 Å². The van der Waals surface area contributed by atoms with E-state index in [0.717, 1.165) is 16.3 Å². The summed E-state index contributed by atoms with van der Waals surface area (Å²) in [6.07, 6.45) is 0. The van der Waals surface area contributed by atoms with Crippen molar-refractivity contribution in [1.29, 1.82) is 0 Å². The third kappa shape index (κ3) is 3.53. The molecule has 0 atom stereocenters. The van der Waals surface area contributed by atoms with Gasteiger partial charge in [-0.1, -0.05) is 30.3 Å². The van der Waals surface area contributed by atoms with E-state index in [1.807, 2.05) is 37.3 Å². The SMILES string of the molecule is Cc1cccc(OCC(=O)Oc2ccc3c(c2)oc(=O)c2ccccc23)c1. The minimum absolute atomic E-state index is 0.219. The summed E-state index contributed by atoms with van der Waals surface area (Å²) in [4.78, 5) is 24.2. The highest BCUT2D eigenvalue weighted by Crippen LogP contribution is 2.26. The second-order valence-corrected chi connectivity index (χ2v) is 6.17. The van der Waals surface area contributed by atoms with Crippen LogP contribution >= 0.6 is 0 Å². The molecule has 134 valence electrons. The highest BCUT2D eigenvalue weighted by atomic mass is 16.6. The highest BCUT2D eigenvalue weighted by Gasteiger charge is 2.11. The number of fused-ring (bicyclic) bond motifs is 3. The lowest BCUT2D eigenvalue weighted by Gasteiger charge is -2.08. The molecule has 0 bridgehead atoms. The second kappa shape index (κ2) is 6.96. The third-order valence-corrected chi connectivity index (χ3v) is 4.17. The quantitative estimate of drug-likeness (QED) is 0.236. The van der Waals surface area contributed by atoms with E-state index in [-0.39, 0.29) is 6.61 Å². The van der Waals surface area contributed by atoms with E-state index in [2.05, 4.69) is 0 Å². The summed E-state index contributed by atoms with van der Waals surface area (Å²) in [5.41, 5.74) is 0.977. The highest BCUT2D eigenvalue weighted by molar-refractivity contribution is 6.04. The van der Waals surface area contributed by atoms with E-state index in [0.29, 0.717) is 22.5 Å². The molecule has 0 radical (unpaired) electrons. The number of carbonyl (C=O) groups is 1. The maximum atomic E-state index is 12.1. The standard InChI is InChI=1S/C22H16O5/c1-14-5-4-6-15(11-14)25-13-21(23)26-16-9-10-18-17-7-2-3-8-19(17)22(24)27-20(18)12-16/h2-12H,13H2,1H3. The Morgan fingerprint density at radius 1 is 0.889 bits per heavy atom. The van der Waals surface area contributed by atoms with Gasteiger partial charge in [0.2, 0.25) is 0 Å². The Kier molecular flexibility index (Phi) is 4.34. The van der Waals surface area contributed by atoms with Gasteiger partial charge in [0.05, 0.1) is 5.39 Å². The number of hydrogen-bond acceptors (Lipinski definition) is 5. The number of carbonyl (C=O) groups excluding carboxylic acids is 1. The molecule has 1 heterocycles. The second-order valence-electron chi connectivity index (χ2n) is 6.17. The van der Waals surface area contributed by atoms with Gasteiger partial charge in [0.25, 0.3) is 0 Å². The zero-order valence-corrected chi connectivity index (χ0v) is 14.6. The van der Waals surface area contributed by atoms with Crippen LogP contribution in [0.1, 0.15) is 5.56 Å². The van der Waals surface area contributed by atoms with Crippen LogP contribution in [0, 0.1) is 6.92 Å². The lowest BCUT2D eigenvalue weighted by atomic mass is 10.1. The van der Waals surface area contributed by atoms with E-state index < -0.39 is 11.6 Å². The Hall–Kier alpha value is -3.60. The molecule has 27 heavy (non-hydrogen) atoms. The molecule has 0 unspecified atom stereocenters. The number of rotatable bonds is 4. The van der Waals surface area contributed by atoms with Gasteiger partial charge in [-0.25, -0.2) is 9.59 Å². The summed E-state index contributed by atoms with van der Waals surface area (Å²) in [6.45, 7) is 1.72. The Balaban J connectivity index is 1.54. The average molecular weight is 360 g/mol. The normalized spacial score (nSPS) is 10.9. The van der Waals surface area contributed by atoms with Crippen molar-refractivity contribution in [1.82, 2.24) is 0 Å².